The highest BCUT2D eigenvalue weighted by molar-refractivity contribution is 7.57. The van der Waals surface area contributed by atoms with Crippen LogP contribution < -0.4 is 28.7 Å². The molecule has 0 bridgehead atoms. The van der Waals surface area contributed by atoms with Gasteiger partial charge in [-0.25, -0.2) is 0 Å². The second kappa shape index (κ2) is 24.0. The van der Waals surface area contributed by atoms with Gasteiger partial charge in [0.25, 0.3) is 0 Å². The summed E-state index contributed by atoms with van der Waals surface area (Å²) < 4.78 is 28.8. The topological polar surface area (TPSA) is 97.6 Å². The minimum atomic E-state index is -2.62. The highest BCUT2D eigenvalue weighted by Gasteiger charge is 2.32. The summed E-state index contributed by atoms with van der Waals surface area (Å²) in [6, 6.07) is 44.3. The standard InChI is InChI=1S/C68H92O4P2.H3O3P/c1-61(2,3)47-29-37-57(53(41-47)65(13,14)15)69-73(70-58-38-30-48(62(4,5)6)42-54(58)66(16,17)18)51-33-25-45(26-34-51)46-27-35-52(36-28-46)74(71-59-39-31-49(63(7,8)9)43-55(59)67(19,20)21)72-60-40-32-50(64(10,11)12)44-56(60)68(22,23)24;1-4(2)3/h25-44H,1-24H3;1-3H. The van der Waals surface area contributed by atoms with Crippen LogP contribution in [0.4, 0.5) is 0 Å². The zero-order valence-electron chi connectivity index (χ0n) is 51.9. The minimum Gasteiger partial charge on any atom is -0.435 e. The SMILES string of the molecule is CC(C)(C)c1ccc(OP(Oc2ccc(C(C)(C)C)cc2C(C)(C)C)c2ccc(-c3ccc(P(Oc4ccc(C(C)(C)C)cc4C(C)(C)C)Oc4ccc(C(C)(C)C)cc4C(C)(C)C)cc3)cc2)c(C(C)(C)C)c1.OP(O)O. The Kier molecular flexibility index (Phi) is 19.9. The Morgan fingerprint density at radius 2 is 0.436 bits per heavy atom. The Morgan fingerprint density at radius 1 is 0.256 bits per heavy atom. The molecule has 0 amide bonds. The Bertz CT molecular complexity index is 2600. The molecule has 424 valence electrons. The predicted molar refractivity (Wildman–Crippen MR) is 336 cm³/mol. The van der Waals surface area contributed by atoms with Crippen molar-refractivity contribution in [2.24, 2.45) is 0 Å². The summed E-state index contributed by atoms with van der Waals surface area (Å²) in [6.07, 6.45) is 0. The number of hydrogen-bond donors (Lipinski definition) is 3. The highest BCUT2D eigenvalue weighted by Crippen LogP contribution is 2.50. The summed E-state index contributed by atoms with van der Waals surface area (Å²) in [6.45, 7) is 54.3. The summed E-state index contributed by atoms with van der Waals surface area (Å²) in [5, 5.41) is 1.98. The monoisotopic (exact) mass is 1120 g/mol. The van der Waals surface area contributed by atoms with Crippen LogP contribution in [0.3, 0.4) is 0 Å². The van der Waals surface area contributed by atoms with Crippen molar-refractivity contribution in [3.63, 3.8) is 0 Å². The first-order chi connectivity index (χ1) is 35.4. The lowest BCUT2D eigenvalue weighted by molar-refractivity contribution is 0.368. The van der Waals surface area contributed by atoms with Crippen molar-refractivity contribution >= 4 is 36.0 Å². The molecule has 0 aromatic heterocycles. The molecule has 0 heterocycles. The fraction of sp³-hybridized carbons (Fsp3) is 0.471. The number of hydrogen-bond acceptors (Lipinski definition) is 7. The third-order valence-electron chi connectivity index (χ3n) is 13.8. The van der Waals surface area contributed by atoms with Crippen molar-refractivity contribution in [1.29, 1.82) is 0 Å². The molecule has 6 rings (SSSR count). The zero-order chi connectivity index (χ0) is 58.9. The summed E-state index contributed by atoms with van der Waals surface area (Å²) in [4.78, 5) is 21.7. The van der Waals surface area contributed by atoms with E-state index >= 15 is 0 Å². The van der Waals surface area contributed by atoms with Crippen LogP contribution in [0.1, 0.15) is 211 Å². The molecule has 7 nitrogen and oxygen atoms in total. The van der Waals surface area contributed by atoms with E-state index in [1.54, 1.807) is 0 Å². The molecule has 0 aliphatic rings. The molecule has 0 atom stereocenters. The van der Waals surface area contributed by atoms with E-state index in [1.807, 2.05) is 0 Å². The van der Waals surface area contributed by atoms with Gasteiger partial charge in [-0.1, -0.05) is 239 Å². The molecule has 6 aromatic carbocycles. The lowest BCUT2D eigenvalue weighted by Crippen LogP contribution is -2.20. The number of rotatable bonds is 11. The van der Waals surface area contributed by atoms with Crippen molar-refractivity contribution in [1.82, 2.24) is 0 Å². The maximum Gasteiger partial charge on any atom is 0.326 e. The Labute approximate surface area is 475 Å². The Morgan fingerprint density at radius 3 is 0.590 bits per heavy atom. The van der Waals surface area contributed by atoms with Crippen molar-refractivity contribution < 1.29 is 32.8 Å². The average molecular weight is 1120 g/mol. The molecule has 78 heavy (non-hydrogen) atoms. The van der Waals surface area contributed by atoms with Gasteiger partial charge in [0.1, 0.15) is 23.0 Å². The Balaban J connectivity index is 0.00000270. The summed E-state index contributed by atoms with van der Waals surface area (Å²) in [7, 11) is -5.87. The second-order valence-electron chi connectivity index (χ2n) is 29.1. The Hall–Kier alpha value is -4.31. The van der Waals surface area contributed by atoms with Gasteiger partial charge in [-0.15, -0.1) is 0 Å². The quantitative estimate of drug-likeness (QED) is 0.111. The summed E-state index contributed by atoms with van der Waals surface area (Å²) >= 11 is 0. The van der Waals surface area contributed by atoms with Crippen LogP contribution in [0.15, 0.2) is 121 Å². The molecular weight excluding hydrogens is 1020 g/mol. The summed E-state index contributed by atoms with van der Waals surface area (Å²) in [5.41, 5.74) is 11.3. The maximum atomic E-state index is 7.23. The number of benzene rings is 6. The van der Waals surface area contributed by atoms with E-state index in [0.717, 1.165) is 67.0 Å². The van der Waals surface area contributed by atoms with Crippen LogP contribution in [0.5, 0.6) is 23.0 Å². The summed E-state index contributed by atoms with van der Waals surface area (Å²) in [5.74, 6) is 3.39. The van der Waals surface area contributed by atoms with Crippen molar-refractivity contribution in [2.45, 2.75) is 209 Å². The molecule has 0 radical (unpaired) electrons. The molecule has 6 aromatic rings. The molecule has 0 saturated heterocycles. The first-order valence-corrected chi connectivity index (χ1v) is 31.0. The lowest BCUT2D eigenvalue weighted by Gasteiger charge is -2.31. The first kappa shape index (κ1) is 64.5. The van der Waals surface area contributed by atoms with Gasteiger partial charge in [-0.3, -0.25) is 0 Å². The van der Waals surface area contributed by atoms with E-state index in [4.69, 9.17) is 32.8 Å². The van der Waals surface area contributed by atoms with E-state index in [9.17, 15) is 0 Å². The molecule has 0 aliphatic carbocycles. The van der Waals surface area contributed by atoms with Crippen molar-refractivity contribution in [3.8, 4) is 34.1 Å². The van der Waals surface area contributed by atoms with Gasteiger partial charge in [-0.05, 0) is 125 Å². The van der Waals surface area contributed by atoms with Gasteiger partial charge in [-0.2, -0.15) is 0 Å². The third-order valence-corrected chi connectivity index (χ3v) is 16.7. The van der Waals surface area contributed by atoms with E-state index in [-0.39, 0.29) is 43.3 Å². The van der Waals surface area contributed by atoms with Gasteiger partial charge >= 0.3 is 25.4 Å². The van der Waals surface area contributed by atoms with Crippen LogP contribution in [0.25, 0.3) is 11.1 Å². The molecule has 0 aliphatic heterocycles. The molecule has 3 N–H and O–H groups in total. The molecule has 10 heteroatoms. The van der Waals surface area contributed by atoms with Gasteiger partial charge in [0.05, 0.1) is 10.6 Å². The van der Waals surface area contributed by atoms with Gasteiger partial charge in [0, 0.05) is 22.3 Å². The largest absolute Gasteiger partial charge is 0.435 e. The smallest absolute Gasteiger partial charge is 0.326 e. The minimum absolute atomic E-state index is 0.00545. The van der Waals surface area contributed by atoms with Crippen molar-refractivity contribution in [3.05, 3.63) is 166 Å². The molecule has 0 saturated carbocycles. The fourth-order valence-electron chi connectivity index (χ4n) is 8.81. The molecule has 0 unspecified atom stereocenters. The molecular formula is C68H95O7P3. The van der Waals surface area contributed by atoms with Gasteiger partial charge in [0.15, 0.2) is 0 Å². The van der Waals surface area contributed by atoms with Gasteiger partial charge in [0.2, 0.25) is 0 Å². The van der Waals surface area contributed by atoms with Gasteiger partial charge < -0.3 is 32.8 Å². The maximum absolute atomic E-state index is 7.23. The normalized spacial score (nSPS) is 13.2. The zero-order valence-corrected chi connectivity index (χ0v) is 54.5. The second-order valence-corrected chi connectivity index (χ2v) is 32.4. The average Bonchev–Trinajstić information content (AvgIpc) is 3.28. The first-order valence-electron chi connectivity index (χ1n) is 27.4. The molecule has 0 fully saturated rings. The van der Waals surface area contributed by atoms with E-state index in [1.165, 1.54) is 22.3 Å². The predicted octanol–water partition coefficient (Wildman–Crippen LogP) is 19.1. The fourth-order valence-corrected chi connectivity index (χ4v) is 11.4. The van der Waals surface area contributed by atoms with Crippen LogP contribution in [0, 0.1) is 0 Å². The van der Waals surface area contributed by atoms with E-state index < -0.39 is 25.4 Å². The van der Waals surface area contributed by atoms with Crippen LogP contribution in [-0.2, 0) is 43.3 Å². The van der Waals surface area contributed by atoms with Crippen LogP contribution in [-0.4, -0.2) is 14.7 Å². The highest BCUT2D eigenvalue weighted by atomic mass is 31.2. The van der Waals surface area contributed by atoms with E-state index in [0.29, 0.717) is 0 Å². The van der Waals surface area contributed by atoms with E-state index in [2.05, 4.69) is 287 Å². The van der Waals surface area contributed by atoms with Crippen LogP contribution in [0.2, 0.25) is 0 Å². The lowest BCUT2D eigenvalue weighted by atomic mass is 9.80. The third kappa shape index (κ3) is 17.4. The van der Waals surface area contributed by atoms with Crippen LogP contribution >= 0.6 is 25.4 Å². The van der Waals surface area contributed by atoms with Crippen molar-refractivity contribution in [2.75, 3.05) is 0 Å². The molecule has 0 spiro atoms.